The highest BCUT2D eigenvalue weighted by molar-refractivity contribution is 5.69. The van der Waals surface area contributed by atoms with E-state index in [0.717, 1.165) is 0 Å². The van der Waals surface area contributed by atoms with Crippen LogP contribution in [0.25, 0.3) is 0 Å². The molecule has 0 bridgehead atoms. The molecule has 0 aromatic carbocycles. The lowest BCUT2D eigenvalue weighted by molar-refractivity contribution is -0.141. The predicted molar refractivity (Wildman–Crippen MR) is 47.4 cm³/mol. The van der Waals surface area contributed by atoms with Gasteiger partial charge in [0.15, 0.2) is 0 Å². The number of likely N-dealkylation sites (tertiary alicyclic amines) is 1. The lowest BCUT2D eigenvalue weighted by Gasteiger charge is -2.18. The van der Waals surface area contributed by atoms with Crippen LogP contribution in [0.4, 0.5) is 4.39 Å². The normalized spacial score (nSPS) is 31.9. The summed E-state index contributed by atoms with van der Waals surface area (Å²) in [5.74, 6) is -1.22. The summed E-state index contributed by atoms with van der Waals surface area (Å²) >= 11 is 0. The molecule has 0 aromatic heterocycles. The molecule has 0 radical (unpaired) electrons. The van der Waals surface area contributed by atoms with Gasteiger partial charge in [0, 0.05) is 19.6 Å². The maximum Gasteiger partial charge on any atom is 0.307 e. The van der Waals surface area contributed by atoms with Crippen LogP contribution in [0.5, 0.6) is 0 Å². The Morgan fingerprint density at radius 1 is 1.77 bits per heavy atom. The van der Waals surface area contributed by atoms with E-state index in [2.05, 4.69) is 0 Å². The number of hydrogen-bond donors (Lipinski definition) is 1. The molecule has 1 saturated heterocycles. The maximum atomic E-state index is 13.3. The number of nitrogens with zero attached hydrogens (tertiary/aromatic N) is 1. The molecule has 0 saturated carbocycles. The van der Waals surface area contributed by atoms with Crippen molar-refractivity contribution >= 4 is 5.97 Å². The number of alkyl halides is 1. The number of halogens is 1. The first-order valence-corrected chi connectivity index (χ1v) is 4.55. The molecule has 0 aromatic rings. The van der Waals surface area contributed by atoms with Gasteiger partial charge >= 0.3 is 5.97 Å². The Hall–Kier alpha value is -0.640. The Labute approximate surface area is 77.5 Å². The Balaban J connectivity index is 2.36. The summed E-state index contributed by atoms with van der Waals surface area (Å²) in [5, 5.41) is 8.65. The van der Waals surface area contributed by atoms with E-state index in [4.69, 9.17) is 5.11 Å². The van der Waals surface area contributed by atoms with Crippen LogP contribution in [0.15, 0.2) is 0 Å². The highest BCUT2D eigenvalue weighted by atomic mass is 19.1. The number of hydrogen-bond acceptors (Lipinski definition) is 2. The molecule has 1 fully saturated rings. The second kappa shape index (κ2) is 3.62. The highest BCUT2D eigenvalue weighted by Crippen LogP contribution is 2.25. The monoisotopic (exact) mass is 189 g/mol. The van der Waals surface area contributed by atoms with E-state index in [9.17, 15) is 9.18 Å². The number of carboxylic acids is 1. The highest BCUT2D eigenvalue weighted by Gasteiger charge is 2.34. The molecule has 3 nitrogen and oxygen atoms in total. The Morgan fingerprint density at radius 2 is 2.38 bits per heavy atom. The van der Waals surface area contributed by atoms with Crippen molar-refractivity contribution in [1.82, 2.24) is 4.90 Å². The van der Waals surface area contributed by atoms with Crippen molar-refractivity contribution in [3.05, 3.63) is 0 Å². The summed E-state index contributed by atoms with van der Waals surface area (Å²) in [4.78, 5) is 12.4. The minimum atomic E-state index is -1.13. The van der Waals surface area contributed by atoms with Gasteiger partial charge in [0.25, 0.3) is 0 Å². The minimum Gasteiger partial charge on any atom is -0.481 e. The fraction of sp³-hybridized carbons (Fsp3) is 0.889. The zero-order valence-electron chi connectivity index (χ0n) is 8.09. The van der Waals surface area contributed by atoms with E-state index in [1.165, 1.54) is 0 Å². The van der Waals surface area contributed by atoms with Crippen molar-refractivity contribution in [2.45, 2.75) is 25.9 Å². The van der Waals surface area contributed by atoms with E-state index in [1.54, 1.807) is 13.8 Å². The average Bonchev–Trinajstić information content (AvgIpc) is 2.30. The van der Waals surface area contributed by atoms with Crippen molar-refractivity contribution < 1.29 is 14.3 Å². The van der Waals surface area contributed by atoms with Crippen LogP contribution in [0.3, 0.4) is 0 Å². The summed E-state index contributed by atoms with van der Waals surface area (Å²) in [5.41, 5.74) is -1.13. The minimum absolute atomic E-state index is 0.366. The number of aliphatic carboxylic acids is 1. The fourth-order valence-electron chi connectivity index (χ4n) is 1.64. The van der Waals surface area contributed by atoms with Crippen molar-refractivity contribution in [2.75, 3.05) is 19.6 Å². The van der Waals surface area contributed by atoms with E-state index in [0.29, 0.717) is 26.1 Å². The van der Waals surface area contributed by atoms with Crippen molar-refractivity contribution in [2.24, 2.45) is 5.92 Å². The summed E-state index contributed by atoms with van der Waals surface area (Å²) in [7, 11) is 0. The molecular formula is C9H16FNO2. The van der Waals surface area contributed by atoms with Gasteiger partial charge in [0.2, 0.25) is 0 Å². The topological polar surface area (TPSA) is 40.5 Å². The molecule has 76 valence electrons. The van der Waals surface area contributed by atoms with Crippen LogP contribution < -0.4 is 0 Å². The lowest BCUT2D eigenvalue weighted by atomic mass is 10.1. The third-order valence-corrected chi connectivity index (χ3v) is 2.46. The van der Waals surface area contributed by atoms with E-state index < -0.39 is 17.6 Å². The van der Waals surface area contributed by atoms with E-state index in [1.807, 2.05) is 4.90 Å². The average molecular weight is 189 g/mol. The van der Waals surface area contributed by atoms with Crippen LogP contribution in [-0.4, -0.2) is 41.3 Å². The van der Waals surface area contributed by atoms with Crippen molar-refractivity contribution in [3.63, 3.8) is 0 Å². The number of carbonyl (C=O) groups is 1. The molecular weight excluding hydrogens is 173 g/mol. The van der Waals surface area contributed by atoms with Gasteiger partial charge in [-0.2, -0.15) is 0 Å². The van der Waals surface area contributed by atoms with Gasteiger partial charge in [-0.05, 0) is 13.3 Å². The van der Waals surface area contributed by atoms with Crippen LogP contribution in [0, 0.1) is 5.92 Å². The smallest absolute Gasteiger partial charge is 0.307 e. The standard InChI is InChI=1S/C9H16FNO2/c1-7(8(12)13)5-11-4-3-9(2,10)6-11/h7H,3-6H2,1-2H3,(H,12,13). The molecule has 0 amide bonds. The van der Waals surface area contributed by atoms with Gasteiger partial charge in [-0.1, -0.05) is 6.92 Å². The molecule has 0 aliphatic carbocycles. The summed E-state index contributed by atoms with van der Waals surface area (Å²) in [6.07, 6.45) is 0.513. The Kier molecular flexibility index (Phi) is 2.91. The van der Waals surface area contributed by atoms with Crippen LogP contribution >= 0.6 is 0 Å². The third kappa shape index (κ3) is 2.95. The number of rotatable bonds is 3. The molecule has 1 N–H and O–H groups in total. The first kappa shape index (κ1) is 10.4. The molecule has 1 aliphatic heterocycles. The number of carboxylic acid groups (broad SMARTS) is 1. The van der Waals surface area contributed by atoms with Gasteiger partial charge in [0.05, 0.1) is 5.92 Å². The predicted octanol–water partition coefficient (Wildman–Crippen LogP) is 1.14. The second-order valence-corrected chi connectivity index (χ2v) is 4.14. The zero-order valence-corrected chi connectivity index (χ0v) is 8.09. The van der Waals surface area contributed by atoms with E-state index in [-0.39, 0.29) is 0 Å². The van der Waals surface area contributed by atoms with Crippen molar-refractivity contribution in [1.29, 1.82) is 0 Å². The molecule has 2 unspecified atom stereocenters. The molecule has 1 heterocycles. The Morgan fingerprint density at radius 3 is 2.77 bits per heavy atom. The zero-order chi connectivity index (χ0) is 10.1. The third-order valence-electron chi connectivity index (χ3n) is 2.46. The van der Waals surface area contributed by atoms with Gasteiger partial charge in [0.1, 0.15) is 5.67 Å². The first-order chi connectivity index (χ1) is 5.91. The quantitative estimate of drug-likeness (QED) is 0.723. The maximum absolute atomic E-state index is 13.3. The lowest BCUT2D eigenvalue weighted by Crippen LogP contribution is -2.32. The summed E-state index contributed by atoms with van der Waals surface area (Å²) < 4.78 is 13.3. The molecule has 0 spiro atoms. The van der Waals surface area contributed by atoms with Gasteiger partial charge in [-0.3, -0.25) is 9.69 Å². The van der Waals surface area contributed by atoms with Crippen LogP contribution in [-0.2, 0) is 4.79 Å². The van der Waals surface area contributed by atoms with Gasteiger partial charge in [-0.15, -0.1) is 0 Å². The van der Waals surface area contributed by atoms with Crippen molar-refractivity contribution in [3.8, 4) is 0 Å². The molecule has 4 heteroatoms. The first-order valence-electron chi connectivity index (χ1n) is 4.55. The molecule has 13 heavy (non-hydrogen) atoms. The van der Waals surface area contributed by atoms with Crippen LogP contribution in [0.1, 0.15) is 20.3 Å². The molecule has 2 atom stereocenters. The largest absolute Gasteiger partial charge is 0.481 e. The SMILES string of the molecule is CC(CN1CCC(C)(F)C1)C(=O)O. The van der Waals surface area contributed by atoms with Gasteiger partial charge < -0.3 is 5.11 Å². The second-order valence-electron chi connectivity index (χ2n) is 4.14. The fourth-order valence-corrected chi connectivity index (χ4v) is 1.64. The molecule has 1 rings (SSSR count). The van der Waals surface area contributed by atoms with E-state index >= 15 is 0 Å². The van der Waals surface area contributed by atoms with Crippen LogP contribution in [0.2, 0.25) is 0 Å². The van der Waals surface area contributed by atoms with Gasteiger partial charge in [-0.25, -0.2) is 4.39 Å². The Bertz CT molecular complexity index is 206. The summed E-state index contributed by atoms with van der Waals surface area (Å²) in [6.45, 7) is 4.71. The molecule has 1 aliphatic rings. The summed E-state index contributed by atoms with van der Waals surface area (Å²) in [6, 6.07) is 0.